The molecule has 64 valence electrons. The monoisotopic (exact) mass is 188 g/mol. The number of rotatable bonds is 2. The average molecular weight is 188 g/mol. The molecule has 13 heavy (non-hydrogen) atoms. The van der Waals surface area contributed by atoms with Crippen LogP contribution in [0.2, 0.25) is 0 Å². The SMILES string of the molecule is N#CCCc1nc2ccccc2s1. The summed E-state index contributed by atoms with van der Waals surface area (Å²) in [6, 6.07) is 10.2. The minimum atomic E-state index is 0.555. The first-order valence-electron chi connectivity index (χ1n) is 4.11. The zero-order valence-electron chi connectivity index (χ0n) is 7.03. The second-order valence-corrected chi connectivity index (χ2v) is 3.85. The predicted molar refractivity (Wildman–Crippen MR) is 53.6 cm³/mol. The molecule has 0 bridgehead atoms. The molecule has 2 nitrogen and oxygen atoms in total. The van der Waals surface area contributed by atoms with Gasteiger partial charge in [-0.15, -0.1) is 11.3 Å². The maximum Gasteiger partial charge on any atom is 0.0948 e. The second kappa shape index (κ2) is 3.55. The number of para-hydroxylation sites is 1. The van der Waals surface area contributed by atoms with Crippen LogP contribution in [0.3, 0.4) is 0 Å². The summed E-state index contributed by atoms with van der Waals surface area (Å²) in [5.41, 5.74) is 1.04. The van der Waals surface area contributed by atoms with E-state index in [2.05, 4.69) is 17.1 Å². The number of hydrogen-bond donors (Lipinski definition) is 0. The maximum atomic E-state index is 8.43. The highest BCUT2D eigenvalue weighted by Crippen LogP contribution is 2.22. The van der Waals surface area contributed by atoms with Crippen LogP contribution in [0.5, 0.6) is 0 Å². The predicted octanol–water partition coefficient (Wildman–Crippen LogP) is 2.75. The Labute approximate surface area is 80.5 Å². The lowest BCUT2D eigenvalue weighted by Gasteiger charge is -1.83. The van der Waals surface area contributed by atoms with E-state index in [1.165, 1.54) is 4.70 Å². The van der Waals surface area contributed by atoms with Gasteiger partial charge in [-0.1, -0.05) is 12.1 Å². The molecule has 2 aromatic rings. The summed E-state index contributed by atoms with van der Waals surface area (Å²) in [6.45, 7) is 0. The molecule has 0 radical (unpaired) electrons. The van der Waals surface area contributed by atoms with Crippen LogP contribution in [-0.2, 0) is 6.42 Å². The van der Waals surface area contributed by atoms with Gasteiger partial charge in [0.1, 0.15) is 0 Å². The van der Waals surface area contributed by atoms with Crippen molar-refractivity contribution in [1.29, 1.82) is 5.26 Å². The molecule has 1 heterocycles. The number of nitriles is 1. The third kappa shape index (κ3) is 1.68. The summed E-state index contributed by atoms with van der Waals surface area (Å²) in [5.74, 6) is 0. The Bertz CT molecular complexity index is 420. The largest absolute Gasteiger partial charge is 0.241 e. The first-order valence-corrected chi connectivity index (χ1v) is 4.93. The van der Waals surface area contributed by atoms with Crippen molar-refractivity contribution < 1.29 is 0 Å². The number of benzene rings is 1. The Balaban J connectivity index is 2.34. The van der Waals surface area contributed by atoms with Crippen LogP contribution in [0.25, 0.3) is 10.2 Å². The molecule has 0 N–H and O–H groups in total. The molecule has 1 aromatic carbocycles. The number of aryl methyl sites for hydroxylation is 1. The fourth-order valence-corrected chi connectivity index (χ4v) is 2.16. The van der Waals surface area contributed by atoms with Gasteiger partial charge in [0.25, 0.3) is 0 Å². The molecule has 2 rings (SSSR count). The van der Waals surface area contributed by atoms with Crippen LogP contribution in [-0.4, -0.2) is 4.98 Å². The summed E-state index contributed by atoms with van der Waals surface area (Å²) in [6.07, 6.45) is 1.33. The smallest absolute Gasteiger partial charge is 0.0948 e. The minimum Gasteiger partial charge on any atom is -0.241 e. The van der Waals surface area contributed by atoms with Crippen LogP contribution in [0, 0.1) is 11.3 Å². The Morgan fingerprint density at radius 2 is 2.23 bits per heavy atom. The topological polar surface area (TPSA) is 36.7 Å². The lowest BCUT2D eigenvalue weighted by molar-refractivity contribution is 0.996. The molecule has 0 aliphatic rings. The Morgan fingerprint density at radius 3 is 3.00 bits per heavy atom. The standard InChI is InChI=1S/C10H8N2S/c11-7-3-6-10-12-8-4-1-2-5-9(8)13-10/h1-2,4-5H,3,6H2. The van der Waals surface area contributed by atoms with E-state index in [1.807, 2.05) is 18.2 Å². The van der Waals surface area contributed by atoms with Crippen LogP contribution in [0.4, 0.5) is 0 Å². The van der Waals surface area contributed by atoms with E-state index in [0.29, 0.717) is 6.42 Å². The zero-order chi connectivity index (χ0) is 9.10. The maximum absolute atomic E-state index is 8.43. The van der Waals surface area contributed by atoms with Gasteiger partial charge in [-0.05, 0) is 12.1 Å². The van der Waals surface area contributed by atoms with Crippen molar-refractivity contribution in [2.45, 2.75) is 12.8 Å². The van der Waals surface area contributed by atoms with E-state index in [0.717, 1.165) is 16.9 Å². The van der Waals surface area contributed by atoms with Gasteiger partial charge in [-0.2, -0.15) is 5.26 Å². The third-order valence-electron chi connectivity index (χ3n) is 1.79. The summed E-state index contributed by atoms with van der Waals surface area (Å²) >= 11 is 1.67. The molecule has 0 fully saturated rings. The molecule has 0 unspecified atom stereocenters. The molecule has 0 aliphatic carbocycles. The first kappa shape index (κ1) is 8.21. The van der Waals surface area contributed by atoms with Gasteiger partial charge in [0.15, 0.2) is 0 Å². The van der Waals surface area contributed by atoms with Crippen molar-refractivity contribution in [2.75, 3.05) is 0 Å². The van der Waals surface area contributed by atoms with Crippen molar-refractivity contribution >= 4 is 21.6 Å². The van der Waals surface area contributed by atoms with Crippen LogP contribution in [0.15, 0.2) is 24.3 Å². The van der Waals surface area contributed by atoms with E-state index in [-0.39, 0.29) is 0 Å². The van der Waals surface area contributed by atoms with E-state index in [9.17, 15) is 0 Å². The van der Waals surface area contributed by atoms with E-state index >= 15 is 0 Å². The number of aromatic nitrogens is 1. The number of thiazole rings is 1. The first-order chi connectivity index (χ1) is 6.40. The highest BCUT2D eigenvalue weighted by atomic mass is 32.1. The van der Waals surface area contributed by atoms with Crippen molar-refractivity contribution in [3.8, 4) is 6.07 Å². The van der Waals surface area contributed by atoms with Gasteiger partial charge >= 0.3 is 0 Å². The van der Waals surface area contributed by atoms with Crippen LogP contribution in [0.1, 0.15) is 11.4 Å². The average Bonchev–Trinajstić information content (AvgIpc) is 2.57. The fourth-order valence-electron chi connectivity index (χ4n) is 1.19. The molecule has 0 amide bonds. The second-order valence-electron chi connectivity index (χ2n) is 2.73. The quantitative estimate of drug-likeness (QED) is 0.726. The van der Waals surface area contributed by atoms with Crippen molar-refractivity contribution in [3.63, 3.8) is 0 Å². The van der Waals surface area contributed by atoms with Gasteiger partial charge in [0.2, 0.25) is 0 Å². The van der Waals surface area contributed by atoms with E-state index in [4.69, 9.17) is 5.26 Å². The molecule has 3 heteroatoms. The summed E-state index contributed by atoms with van der Waals surface area (Å²) < 4.78 is 1.20. The summed E-state index contributed by atoms with van der Waals surface area (Å²) in [7, 11) is 0. The van der Waals surface area contributed by atoms with E-state index in [1.54, 1.807) is 11.3 Å². The van der Waals surface area contributed by atoms with Gasteiger partial charge < -0.3 is 0 Å². The Hall–Kier alpha value is -1.40. The molecular weight excluding hydrogens is 180 g/mol. The number of fused-ring (bicyclic) bond motifs is 1. The van der Waals surface area contributed by atoms with Gasteiger partial charge in [0, 0.05) is 12.8 Å². The summed E-state index contributed by atoms with van der Waals surface area (Å²) in [4.78, 5) is 4.42. The van der Waals surface area contributed by atoms with Gasteiger partial charge in [-0.25, -0.2) is 4.98 Å². The van der Waals surface area contributed by atoms with Gasteiger partial charge in [0.05, 0.1) is 21.3 Å². The Morgan fingerprint density at radius 1 is 1.38 bits per heavy atom. The third-order valence-corrected chi connectivity index (χ3v) is 2.89. The molecule has 0 atom stereocenters. The zero-order valence-corrected chi connectivity index (χ0v) is 7.84. The van der Waals surface area contributed by atoms with Crippen LogP contribution >= 0.6 is 11.3 Å². The van der Waals surface area contributed by atoms with E-state index < -0.39 is 0 Å². The van der Waals surface area contributed by atoms with Crippen molar-refractivity contribution in [3.05, 3.63) is 29.3 Å². The van der Waals surface area contributed by atoms with Crippen molar-refractivity contribution in [1.82, 2.24) is 4.98 Å². The molecule has 1 aromatic heterocycles. The normalized spacial score (nSPS) is 10.1. The number of nitrogens with zero attached hydrogens (tertiary/aromatic N) is 2. The van der Waals surface area contributed by atoms with Gasteiger partial charge in [-0.3, -0.25) is 0 Å². The minimum absolute atomic E-state index is 0.555. The number of hydrogen-bond acceptors (Lipinski definition) is 3. The van der Waals surface area contributed by atoms with Crippen LogP contribution < -0.4 is 0 Å². The molecule has 0 saturated heterocycles. The summed E-state index contributed by atoms with van der Waals surface area (Å²) in [5, 5.41) is 9.49. The Kier molecular flexibility index (Phi) is 2.24. The molecule has 0 saturated carbocycles. The fraction of sp³-hybridized carbons (Fsp3) is 0.200. The lowest BCUT2D eigenvalue weighted by atomic mass is 10.3. The highest BCUT2D eigenvalue weighted by molar-refractivity contribution is 7.18. The highest BCUT2D eigenvalue weighted by Gasteiger charge is 2.01. The van der Waals surface area contributed by atoms with Crippen molar-refractivity contribution in [2.24, 2.45) is 0 Å². The lowest BCUT2D eigenvalue weighted by Crippen LogP contribution is -1.79. The molecule has 0 spiro atoms. The molecule has 0 aliphatic heterocycles. The molecular formula is C10H8N2S.